The van der Waals surface area contributed by atoms with E-state index in [2.05, 4.69) is 4.74 Å². The molecule has 2 rings (SSSR count). The molecule has 0 radical (unpaired) electrons. The zero-order valence-corrected chi connectivity index (χ0v) is 13.4. The number of benzene rings is 2. The van der Waals surface area contributed by atoms with Crippen LogP contribution in [0.2, 0.25) is 0 Å². The van der Waals surface area contributed by atoms with Crippen molar-refractivity contribution >= 4 is 5.78 Å². The Hall–Kier alpha value is -2.84. The lowest BCUT2D eigenvalue weighted by Crippen LogP contribution is -2.15. The summed E-state index contributed by atoms with van der Waals surface area (Å²) in [6.07, 6.45) is 0.998. The van der Waals surface area contributed by atoms with Gasteiger partial charge in [-0.15, -0.1) is 0 Å². The van der Waals surface area contributed by atoms with Crippen molar-refractivity contribution in [3.8, 4) is 17.2 Å². The third-order valence-corrected chi connectivity index (χ3v) is 3.53. The average molecular weight is 376 g/mol. The fraction of sp³-hybridized carbons (Fsp3) is 0.235. The molecule has 2 N–H and O–H groups in total. The summed E-state index contributed by atoms with van der Waals surface area (Å²) in [6, 6.07) is 2.08. The Morgan fingerprint density at radius 3 is 2.00 bits per heavy atom. The van der Waals surface area contributed by atoms with E-state index in [0.717, 1.165) is 6.07 Å². The number of ether oxygens (including phenoxy) is 1. The largest absolute Gasteiger partial charge is 0.508 e. The van der Waals surface area contributed by atoms with Gasteiger partial charge in [0.05, 0.1) is 5.56 Å². The number of hydrogen-bond acceptors (Lipinski definition) is 4. The second-order valence-electron chi connectivity index (χ2n) is 5.36. The quantitative estimate of drug-likeness (QED) is 0.346. The molecule has 0 unspecified atom stereocenters. The highest BCUT2D eigenvalue weighted by atomic mass is 19.2. The molecule has 0 fully saturated rings. The first kappa shape index (κ1) is 19.5. The number of rotatable bonds is 6. The molecule has 0 bridgehead atoms. The molecule has 0 aromatic heterocycles. The highest BCUT2D eigenvalue weighted by molar-refractivity contribution is 6.00. The second kappa shape index (κ2) is 7.59. The molecule has 4 nitrogen and oxygen atoms in total. The van der Waals surface area contributed by atoms with Gasteiger partial charge < -0.3 is 14.9 Å². The van der Waals surface area contributed by atoms with Gasteiger partial charge in [-0.05, 0) is 18.1 Å². The molecule has 140 valence electrons. The van der Waals surface area contributed by atoms with Gasteiger partial charge in [-0.3, -0.25) is 4.79 Å². The molecular formula is C17H13F5O4. The summed E-state index contributed by atoms with van der Waals surface area (Å²) in [6.45, 7) is 0.711. The molecule has 9 heteroatoms. The number of phenols is 2. The Balaban J connectivity index is 2.29. The summed E-state index contributed by atoms with van der Waals surface area (Å²) in [5, 5.41) is 19.4. The lowest BCUT2D eigenvalue weighted by atomic mass is 10.0. The van der Waals surface area contributed by atoms with Gasteiger partial charge in [0.2, 0.25) is 34.9 Å². The zero-order valence-electron chi connectivity index (χ0n) is 13.4. The topological polar surface area (TPSA) is 66.8 Å². The van der Waals surface area contributed by atoms with Crippen LogP contribution in [-0.2, 0) is 6.42 Å². The van der Waals surface area contributed by atoms with E-state index in [9.17, 15) is 37.0 Å². The van der Waals surface area contributed by atoms with E-state index in [1.54, 1.807) is 6.92 Å². The monoisotopic (exact) mass is 376 g/mol. The fourth-order valence-electron chi connectivity index (χ4n) is 2.24. The van der Waals surface area contributed by atoms with Gasteiger partial charge in [0.15, 0.2) is 12.4 Å². The van der Waals surface area contributed by atoms with Crippen LogP contribution < -0.4 is 4.74 Å². The number of carbonyl (C=O) groups excluding carboxylic acids is 1. The van der Waals surface area contributed by atoms with Crippen LogP contribution in [0.5, 0.6) is 17.2 Å². The van der Waals surface area contributed by atoms with Crippen molar-refractivity contribution in [1.82, 2.24) is 0 Å². The third kappa shape index (κ3) is 3.56. The number of Topliss-reactive ketones (excluding diaryl/α,β-unsaturated/α-hetero) is 1. The Kier molecular flexibility index (Phi) is 5.69. The average Bonchev–Trinajstić information content (AvgIpc) is 2.60. The number of aryl methyl sites for hydroxylation is 1. The van der Waals surface area contributed by atoms with E-state index in [1.165, 1.54) is 6.07 Å². The molecule has 26 heavy (non-hydrogen) atoms. The van der Waals surface area contributed by atoms with Gasteiger partial charge >= 0.3 is 0 Å². The van der Waals surface area contributed by atoms with Crippen LogP contribution in [0.25, 0.3) is 0 Å². The van der Waals surface area contributed by atoms with E-state index in [4.69, 9.17) is 0 Å². The van der Waals surface area contributed by atoms with E-state index in [1.807, 2.05) is 0 Å². The van der Waals surface area contributed by atoms with E-state index in [0.29, 0.717) is 18.4 Å². The maximum atomic E-state index is 13.5. The van der Waals surface area contributed by atoms with Crippen LogP contribution >= 0.6 is 0 Å². The van der Waals surface area contributed by atoms with Crippen molar-refractivity contribution in [2.24, 2.45) is 0 Å². The maximum absolute atomic E-state index is 13.5. The molecule has 0 saturated heterocycles. The van der Waals surface area contributed by atoms with Gasteiger partial charge in [-0.25, -0.2) is 13.2 Å². The molecule has 0 amide bonds. The van der Waals surface area contributed by atoms with Crippen molar-refractivity contribution in [3.63, 3.8) is 0 Å². The van der Waals surface area contributed by atoms with Gasteiger partial charge in [-0.1, -0.05) is 13.3 Å². The Morgan fingerprint density at radius 1 is 0.923 bits per heavy atom. The van der Waals surface area contributed by atoms with Crippen LogP contribution in [-0.4, -0.2) is 22.6 Å². The summed E-state index contributed by atoms with van der Waals surface area (Å²) in [5.74, 6) is -14.6. The fourth-order valence-corrected chi connectivity index (χ4v) is 2.24. The van der Waals surface area contributed by atoms with Gasteiger partial charge in [0, 0.05) is 6.07 Å². The number of carbonyl (C=O) groups is 1. The predicted molar refractivity (Wildman–Crippen MR) is 79.8 cm³/mol. The lowest BCUT2D eigenvalue weighted by Gasteiger charge is -2.12. The Morgan fingerprint density at radius 2 is 1.46 bits per heavy atom. The number of hydrogen-bond donors (Lipinski definition) is 2. The standard InChI is InChI=1S/C17H13F5O4/c1-2-3-7-4-8(10(24)5-9(7)23)11(25)6-26-17-15(21)13(19)12(18)14(20)16(17)22/h4-5,23-24H,2-3,6H2,1H3. The maximum Gasteiger partial charge on any atom is 0.207 e. The number of phenolic OH excluding ortho intramolecular Hbond substituents is 2. The first-order chi connectivity index (χ1) is 12.2. The molecule has 2 aromatic carbocycles. The third-order valence-electron chi connectivity index (χ3n) is 3.53. The van der Waals surface area contributed by atoms with Crippen molar-refractivity contribution in [3.05, 3.63) is 52.3 Å². The summed E-state index contributed by atoms with van der Waals surface area (Å²) < 4.78 is 70.7. The lowest BCUT2D eigenvalue weighted by molar-refractivity contribution is 0.0910. The van der Waals surface area contributed by atoms with Crippen molar-refractivity contribution < 1.29 is 41.7 Å². The first-order valence-electron chi connectivity index (χ1n) is 7.41. The van der Waals surface area contributed by atoms with E-state index >= 15 is 0 Å². The Bertz CT molecular complexity index is 838. The zero-order chi connectivity index (χ0) is 19.6. The van der Waals surface area contributed by atoms with Gasteiger partial charge in [0.1, 0.15) is 11.5 Å². The number of aromatic hydroxyl groups is 2. The van der Waals surface area contributed by atoms with Crippen molar-refractivity contribution in [1.29, 1.82) is 0 Å². The predicted octanol–water partition coefficient (Wildman–Crippen LogP) is 4.01. The highest BCUT2D eigenvalue weighted by Gasteiger charge is 2.28. The molecule has 0 aliphatic rings. The molecule has 2 aromatic rings. The first-order valence-corrected chi connectivity index (χ1v) is 7.41. The molecule has 0 spiro atoms. The molecule has 0 aliphatic heterocycles. The van der Waals surface area contributed by atoms with Crippen LogP contribution in [0.1, 0.15) is 29.3 Å². The van der Waals surface area contributed by atoms with Crippen LogP contribution in [0, 0.1) is 29.1 Å². The SMILES string of the molecule is CCCc1cc(C(=O)COc2c(F)c(F)c(F)c(F)c2F)c(O)cc1O. The molecule has 0 aliphatic carbocycles. The van der Waals surface area contributed by atoms with E-state index < -0.39 is 53.0 Å². The van der Waals surface area contributed by atoms with Gasteiger partial charge in [0.25, 0.3) is 0 Å². The van der Waals surface area contributed by atoms with E-state index in [-0.39, 0.29) is 11.3 Å². The minimum atomic E-state index is -2.35. The van der Waals surface area contributed by atoms with Crippen molar-refractivity contribution in [2.75, 3.05) is 6.61 Å². The second-order valence-corrected chi connectivity index (χ2v) is 5.36. The van der Waals surface area contributed by atoms with Crippen LogP contribution in [0.3, 0.4) is 0 Å². The minimum Gasteiger partial charge on any atom is -0.508 e. The van der Waals surface area contributed by atoms with Gasteiger partial charge in [-0.2, -0.15) is 8.78 Å². The molecule has 0 saturated carbocycles. The summed E-state index contributed by atoms with van der Waals surface area (Å²) in [5.41, 5.74) is 0.0139. The van der Waals surface area contributed by atoms with Crippen molar-refractivity contribution in [2.45, 2.75) is 19.8 Å². The summed E-state index contributed by atoms with van der Waals surface area (Å²) in [4.78, 5) is 12.1. The number of halogens is 5. The molecular weight excluding hydrogens is 363 g/mol. The normalized spacial score (nSPS) is 10.8. The minimum absolute atomic E-state index is 0.249. The molecule has 0 heterocycles. The highest BCUT2D eigenvalue weighted by Crippen LogP contribution is 2.31. The van der Waals surface area contributed by atoms with Crippen LogP contribution in [0.15, 0.2) is 12.1 Å². The Labute approximate surface area is 144 Å². The summed E-state index contributed by atoms with van der Waals surface area (Å²) in [7, 11) is 0. The number of ketones is 1. The molecule has 0 atom stereocenters. The van der Waals surface area contributed by atoms with Crippen LogP contribution in [0.4, 0.5) is 22.0 Å². The smallest absolute Gasteiger partial charge is 0.207 e. The summed E-state index contributed by atoms with van der Waals surface area (Å²) >= 11 is 0.